The van der Waals surface area contributed by atoms with E-state index >= 15 is 0 Å². The summed E-state index contributed by atoms with van der Waals surface area (Å²) in [5.41, 5.74) is 7.04. The lowest BCUT2D eigenvalue weighted by Crippen LogP contribution is -2.18. The molecule has 1 rings (SSSR count). The molecule has 3 nitrogen and oxygen atoms in total. The Labute approximate surface area is 97.2 Å². The van der Waals surface area contributed by atoms with E-state index in [1.54, 1.807) is 0 Å². The van der Waals surface area contributed by atoms with Gasteiger partial charge in [-0.25, -0.2) is 0 Å². The second-order valence-corrected chi connectivity index (χ2v) is 4.62. The number of nitrogens with one attached hydrogen (secondary N) is 1. The van der Waals surface area contributed by atoms with Gasteiger partial charge >= 0.3 is 0 Å². The largest absolute Gasteiger partial charge is 0.397 e. The van der Waals surface area contributed by atoms with Crippen molar-refractivity contribution in [1.29, 1.82) is 0 Å². The molecule has 0 heterocycles. The van der Waals surface area contributed by atoms with Gasteiger partial charge in [-0.2, -0.15) is 0 Å². The molecule has 0 atom stereocenters. The van der Waals surface area contributed by atoms with E-state index in [-0.39, 0.29) is 11.8 Å². The highest BCUT2D eigenvalue weighted by Crippen LogP contribution is 2.21. The number of carbonyl (C=O) groups is 1. The van der Waals surface area contributed by atoms with E-state index in [4.69, 9.17) is 5.73 Å². The zero-order valence-corrected chi connectivity index (χ0v) is 10.3. The summed E-state index contributed by atoms with van der Waals surface area (Å²) in [5.74, 6) is -0.0495. The van der Waals surface area contributed by atoms with Crippen LogP contribution in [0.3, 0.4) is 0 Å². The molecule has 0 aliphatic heterocycles. The molecule has 0 spiro atoms. The first-order valence-electron chi connectivity index (χ1n) is 4.36. The quantitative estimate of drug-likeness (QED) is 0.651. The molecular formula is C10H13IN2O. The number of nitrogens with two attached hydrogens (primary N) is 1. The summed E-state index contributed by atoms with van der Waals surface area (Å²) in [5, 5.41) is 2.77. The molecule has 0 aliphatic rings. The van der Waals surface area contributed by atoms with Gasteiger partial charge in [-0.15, -0.1) is 0 Å². The Morgan fingerprint density at radius 3 is 2.64 bits per heavy atom. The average molecular weight is 304 g/mol. The monoisotopic (exact) mass is 304 g/mol. The summed E-state index contributed by atoms with van der Waals surface area (Å²) in [7, 11) is 0. The second-order valence-electron chi connectivity index (χ2n) is 3.38. The maximum absolute atomic E-state index is 11.4. The van der Waals surface area contributed by atoms with E-state index in [0.717, 1.165) is 3.57 Å². The minimum atomic E-state index is -0.0336. The molecule has 0 aromatic heterocycles. The van der Waals surface area contributed by atoms with Crippen molar-refractivity contribution in [2.45, 2.75) is 13.8 Å². The van der Waals surface area contributed by atoms with E-state index < -0.39 is 0 Å². The molecule has 4 heteroatoms. The normalized spacial score (nSPS) is 10.3. The highest BCUT2D eigenvalue weighted by atomic mass is 127. The topological polar surface area (TPSA) is 55.1 Å². The molecule has 1 aromatic rings. The van der Waals surface area contributed by atoms with Crippen LogP contribution >= 0.6 is 22.6 Å². The van der Waals surface area contributed by atoms with Crippen LogP contribution in [0.2, 0.25) is 0 Å². The standard InChI is InChI=1S/C10H13IN2O/c1-6(2)10(14)13-9-4-3-7(11)5-8(9)12/h3-6H,12H2,1-2H3,(H,13,14). The number of rotatable bonds is 2. The molecule has 1 amide bonds. The van der Waals surface area contributed by atoms with E-state index in [9.17, 15) is 4.79 Å². The lowest BCUT2D eigenvalue weighted by atomic mass is 10.2. The first kappa shape index (κ1) is 11.3. The number of anilines is 2. The van der Waals surface area contributed by atoms with Crippen LogP contribution in [0, 0.1) is 9.49 Å². The first-order chi connectivity index (χ1) is 6.50. The van der Waals surface area contributed by atoms with Crippen molar-refractivity contribution in [3.8, 4) is 0 Å². The fourth-order valence-electron chi connectivity index (χ4n) is 0.924. The smallest absolute Gasteiger partial charge is 0.226 e. The molecule has 0 saturated heterocycles. The van der Waals surface area contributed by atoms with Gasteiger partial charge in [0, 0.05) is 9.49 Å². The van der Waals surface area contributed by atoms with E-state index in [0.29, 0.717) is 11.4 Å². The fourth-order valence-corrected chi connectivity index (χ4v) is 1.44. The Hall–Kier alpha value is -0.780. The lowest BCUT2D eigenvalue weighted by molar-refractivity contribution is -0.118. The van der Waals surface area contributed by atoms with Gasteiger partial charge in [-0.1, -0.05) is 13.8 Å². The van der Waals surface area contributed by atoms with Gasteiger partial charge in [-0.05, 0) is 40.8 Å². The Balaban J connectivity index is 2.82. The number of hydrogen-bond donors (Lipinski definition) is 2. The number of halogens is 1. The number of nitrogen functional groups attached to an aromatic ring is 1. The van der Waals surface area contributed by atoms with Crippen LogP contribution in [0.25, 0.3) is 0 Å². The summed E-state index contributed by atoms with van der Waals surface area (Å²) in [6, 6.07) is 5.56. The van der Waals surface area contributed by atoms with E-state index in [1.165, 1.54) is 0 Å². The predicted octanol–water partition coefficient (Wildman–Crippen LogP) is 2.47. The van der Waals surface area contributed by atoms with Crippen LogP contribution in [-0.4, -0.2) is 5.91 Å². The van der Waals surface area contributed by atoms with Crippen molar-refractivity contribution in [3.05, 3.63) is 21.8 Å². The van der Waals surface area contributed by atoms with Gasteiger partial charge in [-0.3, -0.25) is 4.79 Å². The highest BCUT2D eigenvalue weighted by molar-refractivity contribution is 14.1. The summed E-state index contributed by atoms with van der Waals surface area (Å²) in [6.45, 7) is 3.69. The van der Waals surface area contributed by atoms with E-state index in [2.05, 4.69) is 27.9 Å². The van der Waals surface area contributed by atoms with Gasteiger partial charge in [0.2, 0.25) is 5.91 Å². The van der Waals surface area contributed by atoms with Crippen molar-refractivity contribution in [2.24, 2.45) is 5.92 Å². The Morgan fingerprint density at radius 1 is 1.50 bits per heavy atom. The van der Waals surface area contributed by atoms with Gasteiger partial charge in [0.05, 0.1) is 11.4 Å². The minimum Gasteiger partial charge on any atom is -0.397 e. The first-order valence-corrected chi connectivity index (χ1v) is 5.44. The highest BCUT2D eigenvalue weighted by Gasteiger charge is 2.08. The molecule has 1 aromatic carbocycles. The maximum Gasteiger partial charge on any atom is 0.226 e. The van der Waals surface area contributed by atoms with Gasteiger partial charge in [0.15, 0.2) is 0 Å². The Bertz CT molecular complexity index is 350. The number of carbonyl (C=O) groups excluding carboxylic acids is 1. The molecule has 76 valence electrons. The summed E-state index contributed by atoms with van der Waals surface area (Å²) in [6.07, 6.45) is 0. The van der Waals surface area contributed by atoms with Crippen LogP contribution in [0.15, 0.2) is 18.2 Å². The molecule has 3 N–H and O–H groups in total. The minimum absolute atomic E-state index is 0.0158. The zero-order valence-electron chi connectivity index (χ0n) is 8.17. The summed E-state index contributed by atoms with van der Waals surface area (Å²) in [4.78, 5) is 11.4. The second kappa shape index (κ2) is 4.63. The zero-order chi connectivity index (χ0) is 10.7. The van der Waals surface area contributed by atoms with Crippen molar-refractivity contribution in [2.75, 3.05) is 11.1 Å². The maximum atomic E-state index is 11.4. The van der Waals surface area contributed by atoms with Crippen LogP contribution in [0.1, 0.15) is 13.8 Å². The van der Waals surface area contributed by atoms with Crippen LogP contribution in [-0.2, 0) is 4.79 Å². The Morgan fingerprint density at radius 2 is 2.14 bits per heavy atom. The Kier molecular flexibility index (Phi) is 3.74. The van der Waals surface area contributed by atoms with E-state index in [1.807, 2.05) is 32.0 Å². The van der Waals surface area contributed by atoms with Crippen LogP contribution in [0.5, 0.6) is 0 Å². The summed E-state index contributed by atoms with van der Waals surface area (Å²) < 4.78 is 1.06. The van der Waals surface area contributed by atoms with Crippen molar-refractivity contribution >= 4 is 39.9 Å². The third-order valence-corrected chi connectivity index (χ3v) is 2.47. The van der Waals surface area contributed by atoms with Gasteiger partial charge in [0.25, 0.3) is 0 Å². The SMILES string of the molecule is CC(C)C(=O)Nc1ccc(I)cc1N. The van der Waals surface area contributed by atoms with Gasteiger partial charge in [0.1, 0.15) is 0 Å². The number of amides is 1. The van der Waals surface area contributed by atoms with Crippen molar-refractivity contribution in [1.82, 2.24) is 0 Å². The molecule has 0 aliphatic carbocycles. The third-order valence-electron chi connectivity index (χ3n) is 1.80. The molecule has 0 bridgehead atoms. The molecule has 0 radical (unpaired) electrons. The van der Waals surface area contributed by atoms with Crippen LogP contribution < -0.4 is 11.1 Å². The molecule has 0 fully saturated rings. The molecule has 0 unspecified atom stereocenters. The number of benzene rings is 1. The van der Waals surface area contributed by atoms with Crippen molar-refractivity contribution < 1.29 is 4.79 Å². The molecule has 0 saturated carbocycles. The van der Waals surface area contributed by atoms with Crippen molar-refractivity contribution in [3.63, 3.8) is 0 Å². The lowest BCUT2D eigenvalue weighted by Gasteiger charge is -2.10. The fraction of sp³-hybridized carbons (Fsp3) is 0.300. The summed E-state index contributed by atoms with van der Waals surface area (Å²) >= 11 is 2.18. The number of hydrogen-bond acceptors (Lipinski definition) is 2. The molecule has 14 heavy (non-hydrogen) atoms. The van der Waals surface area contributed by atoms with Gasteiger partial charge < -0.3 is 11.1 Å². The third kappa shape index (κ3) is 2.87. The van der Waals surface area contributed by atoms with Crippen LogP contribution in [0.4, 0.5) is 11.4 Å². The predicted molar refractivity (Wildman–Crippen MR) is 67.0 cm³/mol. The molecular weight excluding hydrogens is 291 g/mol. The average Bonchev–Trinajstić information content (AvgIpc) is 2.09.